The Morgan fingerprint density at radius 2 is 1.78 bits per heavy atom. The van der Waals surface area contributed by atoms with Gasteiger partial charge in [0.2, 0.25) is 23.5 Å². The van der Waals surface area contributed by atoms with Crippen LogP contribution < -0.4 is 11.1 Å². The molecule has 2 saturated heterocycles. The standard InChI is InChI=1S/C33H39N7O4S/c34-33(35)39-15-7-12-25(20-39)18-26(30(43)31-36-14-17-45-31)37-28(41)21-40-27(19-24-10-5-2-6-11-24)32(44)38(22-29(40)42)16-13-23-8-3-1-4-9-23/h1-6,8-11,14,17,25-27H,7,12-13,15-16,18-22H2,(H3,34,35)(H,37,41)/t25?,26-,27+/m0/s1. The van der Waals surface area contributed by atoms with Crippen LogP contribution in [0.2, 0.25) is 0 Å². The maximum atomic E-state index is 13.8. The molecule has 12 heteroatoms. The number of piperidine rings is 1. The highest BCUT2D eigenvalue weighted by Gasteiger charge is 2.40. The Bertz CT molecular complexity index is 1490. The summed E-state index contributed by atoms with van der Waals surface area (Å²) >= 11 is 1.20. The number of Topliss-reactive ketones (excluding diaryl/α,β-unsaturated/α-hetero) is 1. The highest BCUT2D eigenvalue weighted by atomic mass is 32.1. The van der Waals surface area contributed by atoms with Gasteiger partial charge in [-0.05, 0) is 42.7 Å². The minimum Gasteiger partial charge on any atom is -0.370 e. The second-order valence-electron chi connectivity index (χ2n) is 11.6. The number of benzene rings is 2. The zero-order valence-corrected chi connectivity index (χ0v) is 26.0. The maximum Gasteiger partial charge on any atom is 0.246 e. The number of nitrogens with one attached hydrogen (secondary N) is 2. The van der Waals surface area contributed by atoms with Crippen LogP contribution in [-0.4, -0.2) is 94.0 Å². The molecule has 0 radical (unpaired) electrons. The SMILES string of the molecule is N=C(N)N1CCCC(C[C@H](NC(=O)CN2C(=O)CN(CCc3ccccc3)C(=O)[C@H]2Cc2ccccc2)C(=O)c2nccs2)C1. The van der Waals surface area contributed by atoms with E-state index in [0.717, 1.165) is 24.0 Å². The third-order valence-electron chi connectivity index (χ3n) is 8.44. The van der Waals surface area contributed by atoms with Gasteiger partial charge in [0, 0.05) is 37.6 Å². The third kappa shape index (κ3) is 8.33. The number of hydrogen-bond acceptors (Lipinski definition) is 7. The number of aromatic nitrogens is 1. The van der Waals surface area contributed by atoms with Gasteiger partial charge in [-0.2, -0.15) is 0 Å². The minimum atomic E-state index is -0.869. The van der Waals surface area contributed by atoms with E-state index in [1.54, 1.807) is 21.4 Å². The summed E-state index contributed by atoms with van der Waals surface area (Å²) in [6.07, 6.45) is 4.43. The number of guanidine groups is 1. The van der Waals surface area contributed by atoms with Crippen LogP contribution in [0.15, 0.2) is 72.2 Å². The molecule has 11 nitrogen and oxygen atoms in total. The summed E-state index contributed by atoms with van der Waals surface area (Å²) in [5.74, 6) is -1.32. The number of carbonyl (C=O) groups is 4. The molecule has 4 N–H and O–H groups in total. The molecule has 0 spiro atoms. The second kappa shape index (κ2) is 14.9. The normalized spacial score (nSPS) is 19.3. The number of nitrogens with two attached hydrogens (primary N) is 1. The third-order valence-corrected chi connectivity index (χ3v) is 9.23. The Morgan fingerprint density at radius 3 is 2.44 bits per heavy atom. The Balaban J connectivity index is 1.31. The summed E-state index contributed by atoms with van der Waals surface area (Å²) in [5.41, 5.74) is 7.68. The number of thiazole rings is 1. The van der Waals surface area contributed by atoms with E-state index in [1.165, 1.54) is 16.2 Å². The first-order chi connectivity index (χ1) is 21.8. The van der Waals surface area contributed by atoms with Crippen molar-refractivity contribution in [1.82, 2.24) is 25.0 Å². The number of piperazine rings is 1. The second-order valence-corrected chi connectivity index (χ2v) is 12.5. The van der Waals surface area contributed by atoms with E-state index in [9.17, 15) is 19.2 Å². The Labute approximate surface area is 266 Å². The molecule has 1 aromatic heterocycles. The van der Waals surface area contributed by atoms with Gasteiger partial charge in [-0.25, -0.2) is 4.98 Å². The monoisotopic (exact) mass is 629 g/mol. The number of amides is 3. The van der Waals surface area contributed by atoms with Crippen molar-refractivity contribution in [2.75, 3.05) is 32.7 Å². The van der Waals surface area contributed by atoms with Gasteiger partial charge < -0.3 is 25.8 Å². The van der Waals surface area contributed by atoms with E-state index in [1.807, 2.05) is 60.7 Å². The van der Waals surface area contributed by atoms with Crippen LogP contribution in [0.5, 0.6) is 0 Å². The van der Waals surface area contributed by atoms with Gasteiger partial charge in [-0.1, -0.05) is 60.7 Å². The lowest BCUT2D eigenvalue weighted by molar-refractivity contribution is -0.157. The van der Waals surface area contributed by atoms with Crippen LogP contribution in [0.4, 0.5) is 0 Å². The lowest BCUT2D eigenvalue weighted by atomic mass is 9.90. The summed E-state index contributed by atoms with van der Waals surface area (Å²) in [7, 11) is 0. The molecular weight excluding hydrogens is 590 g/mol. The predicted molar refractivity (Wildman–Crippen MR) is 172 cm³/mol. The molecule has 3 aromatic rings. The van der Waals surface area contributed by atoms with E-state index >= 15 is 0 Å². The van der Waals surface area contributed by atoms with Crippen LogP contribution in [0.1, 0.15) is 40.2 Å². The first-order valence-electron chi connectivity index (χ1n) is 15.3. The number of ketones is 1. The molecule has 3 heterocycles. The number of hydrogen-bond donors (Lipinski definition) is 3. The van der Waals surface area contributed by atoms with Crippen LogP contribution in [0, 0.1) is 11.3 Å². The van der Waals surface area contributed by atoms with Crippen molar-refractivity contribution >= 4 is 40.8 Å². The van der Waals surface area contributed by atoms with Crippen molar-refractivity contribution < 1.29 is 19.2 Å². The molecule has 3 atom stereocenters. The molecule has 0 saturated carbocycles. The van der Waals surface area contributed by atoms with Crippen molar-refractivity contribution in [3.8, 4) is 0 Å². The van der Waals surface area contributed by atoms with E-state index in [4.69, 9.17) is 11.1 Å². The van der Waals surface area contributed by atoms with Gasteiger partial charge in [0.25, 0.3) is 0 Å². The maximum absolute atomic E-state index is 13.8. The largest absolute Gasteiger partial charge is 0.370 e. The van der Waals surface area contributed by atoms with E-state index < -0.39 is 18.0 Å². The number of carbonyl (C=O) groups excluding carboxylic acids is 4. The average molecular weight is 630 g/mol. The van der Waals surface area contributed by atoms with Crippen molar-refractivity contribution in [3.05, 3.63) is 88.4 Å². The van der Waals surface area contributed by atoms with Gasteiger partial charge in [-0.3, -0.25) is 24.6 Å². The van der Waals surface area contributed by atoms with Crippen LogP contribution in [-0.2, 0) is 27.2 Å². The number of likely N-dealkylation sites (tertiary alicyclic amines) is 1. The molecule has 2 aliphatic rings. The van der Waals surface area contributed by atoms with Gasteiger partial charge in [0.1, 0.15) is 12.6 Å². The number of nitrogens with zero attached hydrogens (tertiary/aromatic N) is 4. The summed E-state index contributed by atoms with van der Waals surface area (Å²) in [6, 6.07) is 17.5. The van der Waals surface area contributed by atoms with Gasteiger partial charge in [0.15, 0.2) is 11.0 Å². The lowest BCUT2D eigenvalue weighted by Gasteiger charge is -2.40. The van der Waals surface area contributed by atoms with Crippen molar-refractivity contribution in [2.45, 2.75) is 44.2 Å². The van der Waals surface area contributed by atoms with Gasteiger partial charge in [-0.15, -0.1) is 11.3 Å². The fourth-order valence-electron chi connectivity index (χ4n) is 6.11. The quantitative estimate of drug-likeness (QED) is 0.158. The highest BCUT2D eigenvalue weighted by molar-refractivity contribution is 7.11. The van der Waals surface area contributed by atoms with Crippen LogP contribution >= 0.6 is 11.3 Å². The molecule has 0 bridgehead atoms. The lowest BCUT2D eigenvalue weighted by Crippen LogP contribution is -2.63. The average Bonchev–Trinajstić information content (AvgIpc) is 3.59. The fraction of sp³-hybridized carbons (Fsp3) is 0.394. The summed E-state index contributed by atoms with van der Waals surface area (Å²) in [4.78, 5) is 63.3. The molecule has 5 rings (SSSR count). The van der Waals surface area contributed by atoms with Crippen molar-refractivity contribution in [3.63, 3.8) is 0 Å². The molecule has 2 fully saturated rings. The number of rotatable bonds is 12. The smallest absolute Gasteiger partial charge is 0.246 e. The first kappa shape index (κ1) is 31.8. The molecule has 1 unspecified atom stereocenters. The molecule has 2 aromatic carbocycles. The molecular formula is C33H39N7O4S. The fourth-order valence-corrected chi connectivity index (χ4v) is 6.74. The van der Waals surface area contributed by atoms with E-state index in [2.05, 4.69) is 10.3 Å². The molecule has 0 aliphatic carbocycles. The minimum absolute atomic E-state index is 0.0120. The molecule has 236 valence electrons. The van der Waals surface area contributed by atoms with E-state index in [-0.39, 0.29) is 49.0 Å². The first-order valence-corrected chi connectivity index (χ1v) is 16.1. The van der Waals surface area contributed by atoms with Gasteiger partial charge in [0.05, 0.1) is 12.6 Å². The Kier molecular flexibility index (Phi) is 10.6. The zero-order chi connectivity index (χ0) is 31.8. The van der Waals surface area contributed by atoms with Crippen LogP contribution in [0.3, 0.4) is 0 Å². The summed E-state index contributed by atoms with van der Waals surface area (Å²) in [6.45, 7) is 1.13. The summed E-state index contributed by atoms with van der Waals surface area (Å²) in [5, 5.41) is 12.7. The van der Waals surface area contributed by atoms with Crippen LogP contribution in [0.25, 0.3) is 0 Å². The highest BCUT2D eigenvalue weighted by Crippen LogP contribution is 2.23. The topological polar surface area (TPSA) is 153 Å². The molecule has 45 heavy (non-hydrogen) atoms. The van der Waals surface area contributed by atoms with Crippen molar-refractivity contribution in [2.24, 2.45) is 11.7 Å². The summed E-state index contributed by atoms with van der Waals surface area (Å²) < 4.78 is 0. The molecule has 2 aliphatic heterocycles. The Morgan fingerprint density at radius 1 is 1.07 bits per heavy atom. The molecule has 3 amide bonds. The van der Waals surface area contributed by atoms with Crippen molar-refractivity contribution in [1.29, 1.82) is 5.41 Å². The zero-order valence-electron chi connectivity index (χ0n) is 25.1. The predicted octanol–water partition coefficient (Wildman–Crippen LogP) is 2.33. The van der Waals surface area contributed by atoms with E-state index in [0.29, 0.717) is 37.5 Å². The Hall–Kier alpha value is -4.58. The van der Waals surface area contributed by atoms with Gasteiger partial charge >= 0.3 is 0 Å².